The Bertz CT molecular complexity index is 1660. The lowest BCUT2D eigenvalue weighted by molar-refractivity contribution is -0.133. The van der Waals surface area contributed by atoms with Gasteiger partial charge in [-0.2, -0.15) is 0 Å². The van der Waals surface area contributed by atoms with Gasteiger partial charge in [-0.05, 0) is 69.8 Å². The maximum atomic E-state index is 13.6. The van der Waals surface area contributed by atoms with E-state index in [1.54, 1.807) is 12.1 Å². The van der Waals surface area contributed by atoms with Crippen LogP contribution in [0, 0.1) is 11.6 Å². The molecule has 2 aliphatic heterocycles. The minimum atomic E-state index is -0.785. The van der Waals surface area contributed by atoms with Gasteiger partial charge in [0.1, 0.15) is 11.6 Å². The molecule has 0 radical (unpaired) electrons. The van der Waals surface area contributed by atoms with Crippen molar-refractivity contribution in [2.24, 2.45) is 9.98 Å². The second-order valence-electron chi connectivity index (χ2n) is 10.2. The molecule has 0 saturated heterocycles. The minimum Gasteiger partial charge on any atom is -0.389 e. The number of ether oxygens (including phenoxy) is 2. The highest BCUT2D eigenvalue weighted by Crippen LogP contribution is 2.20. The zero-order chi connectivity index (χ0) is 29.1. The van der Waals surface area contributed by atoms with Crippen LogP contribution in [0.1, 0.15) is 11.1 Å². The lowest BCUT2D eigenvalue weighted by atomic mass is 10.0. The molecular formula is C32H26F2N4O4. The molecule has 2 N–H and O–H groups in total. The van der Waals surface area contributed by atoms with Crippen LogP contribution in [0.5, 0.6) is 0 Å². The zero-order valence-corrected chi connectivity index (χ0v) is 22.3. The molecule has 4 aromatic carbocycles. The third-order valence-electron chi connectivity index (χ3n) is 7.01. The summed E-state index contributed by atoms with van der Waals surface area (Å²) in [5.41, 5.74) is 1.99. The van der Waals surface area contributed by atoms with Crippen molar-refractivity contribution in [2.75, 3.05) is 13.1 Å². The Kier molecular flexibility index (Phi) is 7.59. The summed E-state index contributed by atoms with van der Waals surface area (Å²) in [6.07, 6.45) is 3.13. The second-order valence-corrected chi connectivity index (χ2v) is 10.2. The monoisotopic (exact) mass is 568 g/mol. The summed E-state index contributed by atoms with van der Waals surface area (Å²) in [5, 5.41) is 9.62. The molecule has 10 heteroatoms. The Morgan fingerprint density at radius 1 is 0.667 bits per heavy atom. The Morgan fingerprint density at radius 3 is 1.55 bits per heavy atom. The summed E-state index contributed by atoms with van der Waals surface area (Å²) in [4.78, 5) is 32.8. The molecule has 2 unspecified atom stereocenters. The van der Waals surface area contributed by atoms with E-state index in [-0.39, 0.29) is 35.8 Å². The summed E-state index contributed by atoms with van der Waals surface area (Å²) in [6.45, 7) is 0.802. The molecule has 212 valence electrons. The van der Waals surface area contributed by atoms with E-state index in [1.807, 2.05) is 36.4 Å². The first-order valence-corrected chi connectivity index (χ1v) is 13.5. The molecule has 42 heavy (non-hydrogen) atoms. The van der Waals surface area contributed by atoms with Gasteiger partial charge in [0.05, 0.1) is 25.2 Å². The summed E-state index contributed by atoms with van der Waals surface area (Å²) in [7, 11) is 0. The van der Waals surface area contributed by atoms with Gasteiger partial charge in [0.2, 0.25) is 0 Å². The number of hydrogen-bond acceptors (Lipinski definition) is 8. The standard InChI is InChI=1S/C32H26F2N4O4/c33-25-7-5-21-3-1-19(11-23(21)15-25)13-27-17-35-31(37-27)41-29(39)9-10-30(40)42-32-36-18-28(38-32)14-20-2-4-22-6-8-26(34)16-24(22)12-20/h1-12,15-16,27-28H,13-14,17-18H2,(H,35,37)(H,36,38)/b10-9+. The van der Waals surface area contributed by atoms with Crippen LogP contribution >= 0.6 is 0 Å². The lowest BCUT2D eigenvalue weighted by Crippen LogP contribution is -2.34. The number of benzene rings is 4. The fourth-order valence-corrected chi connectivity index (χ4v) is 5.02. The quantitative estimate of drug-likeness (QED) is 0.265. The van der Waals surface area contributed by atoms with Crippen LogP contribution in [-0.4, -0.2) is 49.2 Å². The number of halogens is 2. The van der Waals surface area contributed by atoms with Gasteiger partial charge in [-0.15, -0.1) is 0 Å². The molecule has 2 heterocycles. The van der Waals surface area contributed by atoms with Crippen molar-refractivity contribution in [1.82, 2.24) is 10.6 Å². The molecule has 0 aliphatic carbocycles. The van der Waals surface area contributed by atoms with Crippen LogP contribution in [0.3, 0.4) is 0 Å². The third kappa shape index (κ3) is 6.60. The maximum absolute atomic E-state index is 13.6. The van der Waals surface area contributed by atoms with Gasteiger partial charge in [0.15, 0.2) is 0 Å². The van der Waals surface area contributed by atoms with Gasteiger partial charge in [-0.25, -0.2) is 28.4 Å². The molecule has 2 atom stereocenters. The molecule has 0 amide bonds. The van der Waals surface area contributed by atoms with Crippen LogP contribution in [0.25, 0.3) is 21.5 Å². The molecule has 8 nitrogen and oxygen atoms in total. The van der Waals surface area contributed by atoms with Crippen molar-refractivity contribution >= 4 is 45.5 Å². The van der Waals surface area contributed by atoms with Crippen LogP contribution in [0.4, 0.5) is 8.78 Å². The molecule has 0 spiro atoms. The van der Waals surface area contributed by atoms with Gasteiger partial charge in [0.25, 0.3) is 12.0 Å². The zero-order valence-electron chi connectivity index (χ0n) is 22.3. The van der Waals surface area contributed by atoms with Crippen molar-refractivity contribution in [3.63, 3.8) is 0 Å². The number of amidine groups is 2. The molecule has 0 fully saturated rings. The number of rotatable bonds is 6. The largest absolute Gasteiger partial charge is 0.389 e. The van der Waals surface area contributed by atoms with E-state index >= 15 is 0 Å². The summed E-state index contributed by atoms with van der Waals surface area (Å²) in [6, 6.07) is 20.9. The Morgan fingerprint density at radius 2 is 1.10 bits per heavy atom. The smallest absolute Gasteiger partial charge is 0.338 e. The van der Waals surface area contributed by atoms with Crippen molar-refractivity contribution in [3.8, 4) is 0 Å². The van der Waals surface area contributed by atoms with Crippen LogP contribution in [-0.2, 0) is 31.9 Å². The topological polar surface area (TPSA) is 101 Å². The number of esters is 2. The number of fused-ring (bicyclic) bond motifs is 2. The lowest BCUT2D eigenvalue weighted by Gasteiger charge is -2.12. The van der Waals surface area contributed by atoms with Gasteiger partial charge >= 0.3 is 11.9 Å². The van der Waals surface area contributed by atoms with Crippen molar-refractivity contribution in [3.05, 3.63) is 108 Å². The predicted octanol–water partition coefficient (Wildman–Crippen LogP) is 4.35. The molecule has 2 aliphatic rings. The number of nitrogens with one attached hydrogen (secondary N) is 2. The SMILES string of the molecule is O=C(/C=C/C(=O)OC1=NCC(Cc2ccc3ccc(F)cc3c2)N1)OC1=NCC(Cc2ccc3ccc(F)cc3c2)N1. The molecule has 0 aromatic heterocycles. The average molecular weight is 569 g/mol. The van der Waals surface area contributed by atoms with E-state index in [1.165, 1.54) is 24.3 Å². The van der Waals surface area contributed by atoms with Gasteiger partial charge in [-0.1, -0.05) is 48.5 Å². The number of carbonyl (C=O) groups is 2. The second kappa shape index (κ2) is 11.8. The average Bonchev–Trinajstić information content (AvgIpc) is 3.60. The summed E-state index contributed by atoms with van der Waals surface area (Å²) in [5.74, 6) is -2.15. The number of hydrogen-bond donors (Lipinski definition) is 2. The fourth-order valence-electron chi connectivity index (χ4n) is 5.02. The number of aliphatic imine (C=N–C) groups is 2. The summed E-state index contributed by atoms with van der Waals surface area (Å²) >= 11 is 0. The van der Waals surface area contributed by atoms with E-state index < -0.39 is 11.9 Å². The minimum absolute atomic E-state index is 0.0657. The van der Waals surface area contributed by atoms with Crippen LogP contribution in [0.15, 0.2) is 94.9 Å². The first-order valence-electron chi connectivity index (χ1n) is 13.5. The Labute approximate surface area is 239 Å². The fraction of sp³-hybridized carbons (Fsp3) is 0.188. The maximum Gasteiger partial charge on any atom is 0.338 e. The van der Waals surface area contributed by atoms with Crippen LogP contribution < -0.4 is 10.6 Å². The van der Waals surface area contributed by atoms with Gasteiger partial charge in [0, 0.05) is 12.2 Å². The van der Waals surface area contributed by atoms with Crippen molar-refractivity contribution in [1.29, 1.82) is 0 Å². The molecule has 4 aromatic rings. The highest BCUT2D eigenvalue weighted by Gasteiger charge is 2.22. The van der Waals surface area contributed by atoms with E-state index in [0.29, 0.717) is 25.9 Å². The molecule has 0 bridgehead atoms. The Balaban J connectivity index is 0.935. The van der Waals surface area contributed by atoms with E-state index in [4.69, 9.17) is 9.47 Å². The van der Waals surface area contributed by atoms with E-state index in [0.717, 1.165) is 44.8 Å². The van der Waals surface area contributed by atoms with Gasteiger partial charge < -0.3 is 20.1 Å². The first-order chi connectivity index (χ1) is 20.4. The molecule has 6 rings (SSSR count). The number of nitrogens with zero attached hydrogens (tertiary/aromatic N) is 2. The number of carbonyl (C=O) groups excluding carboxylic acids is 2. The highest BCUT2D eigenvalue weighted by atomic mass is 19.1. The van der Waals surface area contributed by atoms with Crippen LogP contribution in [0.2, 0.25) is 0 Å². The molecular weight excluding hydrogens is 542 g/mol. The highest BCUT2D eigenvalue weighted by molar-refractivity contribution is 6.00. The van der Waals surface area contributed by atoms with E-state index in [9.17, 15) is 18.4 Å². The van der Waals surface area contributed by atoms with Crippen molar-refractivity contribution in [2.45, 2.75) is 24.9 Å². The normalized spacial score (nSPS) is 18.0. The van der Waals surface area contributed by atoms with E-state index in [2.05, 4.69) is 20.6 Å². The van der Waals surface area contributed by atoms with Gasteiger partial charge in [-0.3, -0.25) is 0 Å². The Hall–Kier alpha value is -5.12. The third-order valence-corrected chi connectivity index (χ3v) is 7.01. The summed E-state index contributed by atoms with van der Waals surface area (Å²) < 4.78 is 37.5. The first kappa shape index (κ1) is 27.1. The predicted molar refractivity (Wildman–Crippen MR) is 155 cm³/mol. The van der Waals surface area contributed by atoms with Crippen molar-refractivity contribution < 1.29 is 27.8 Å². The molecule has 0 saturated carbocycles.